The Kier molecular flexibility index (Phi) is 3.92. The van der Waals surface area contributed by atoms with Crippen LogP contribution >= 0.6 is 0 Å². The number of aliphatic hydroxyl groups is 1. The van der Waals surface area contributed by atoms with Gasteiger partial charge in [0.2, 0.25) is 0 Å². The topological polar surface area (TPSA) is 20.2 Å². The number of hydrogen-bond donors (Lipinski definition) is 1. The lowest BCUT2D eigenvalue weighted by Gasteiger charge is -2.19. The van der Waals surface area contributed by atoms with Crippen LogP contribution in [0.15, 0.2) is 24.3 Å². The van der Waals surface area contributed by atoms with E-state index in [-0.39, 0.29) is 11.5 Å². The number of aliphatic hydroxyl groups excluding tert-OH is 1. The number of hydrogen-bond acceptors (Lipinski definition) is 1. The summed E-state index contributed by atoms with van der Waals surface area (Å²) in [5.74, 6) is 0. The van der Waals surface area contributed by atoms with Gasteiger partial charge in [-0.3, -0.25) is 0 Å². The van der Waals surface area contributed by atoms with Gasteiger partial charge in [0.05, 0.1) is 6.10 Å². The van der Waals surface area contributed by atoms with Gasteiger partial charge in [-0.15, -0.1) is 0 Å². The molecule has 0 aliphatic carbocycles. The summed E-state index contributed by atoms with van der Waals surface area (Å²) in [4.78, 5) is 0. The SMILES string of the molecule is CC[C@H](O)Cc1ccc(C(C)(C)C)cc1. The van der Waals surface area contributed by atoms with Crippen molar-refractivity contribution in [2.45, 2.75) is 52.1 Å². The van der Waals surface area contributed by atoms with Crippen LogP contribution in [-0.2, 0) is 11.8 Å². The van der Waals surface area contributed by atoms with Crippen LogP contribution in [0.25, 0.3) is 0 Å². The molecule has 0 saturated heterocycles. The third-order valence-corrected chi connectivity index (χ3v) is 2.76. The quantitative estimate of drug-likeness (QED) is 0.804. The molecule has 1 nitrogen and oxygen atoms in total. The molecule has 1 N–H and O–H groups in total. The standard InChI is InChI=1S/C14H22O/c1-5-13(15)10-11-6-8-12(9-7-11)14(2,3)4/h6-9,13,15H,5,10H2,1-4H3/t13-/m0/s1. The first-order valence-corrected chi connectivity index (χ1v) is 5.71. The van der Waals surface area contributed by atoms with Crippen LogP contribution in [0.4, 0.5) is 0 Å². The van der Waals surface area contributed by atoms with Gasteiger partial charge in [-0.1, -0.05) is 52.0 Å². The van der Waals surface area contributed by atoms with E-state index < -0.39 is 0 Å². The van der Waals surface area contributed by atoms with Crippen molar-refractivity contribution < 1.29 is 5.11 Å². The van der Waals surface area contributed by atoms with Crippen molar-refractivity contribution in [1.29, 1.82) is 0 Å². The lowest BCUT2D eigenvalue weighted by atomic mass is 9.86. The molecule has 0 heterocycles. The van der Waals surface area contributed by atoms with Crippen LogP contribution in [0.3, 0.4) is 0 Å². The maximum atomic E-state index is 9.54. The van der Waals surface area contributed by atoms with Gasteiger partial charge in [0, 0.05) is 0 Å². The molecule has 0 unspecified atom stereocenters. The van der Waals surface area contributed by atoms with Gasteiger partial charge in [-0.25, -0.2) is 0 Å². The molecule has 1 rings (SSSR count). The summed E-state index contributed by atoms with van der Waals surface area (Å²) >= 11 is 0. The Labute approximate surface area is 93.1 Å². The zero-order chi connectivity index (χ0) is 11.5. The monoisotopic (exact) mass is 206 g/mol. The Hall–Kier alpha value is -0.820. The van der Waals surface area contributed by atoms with Gasteiger partial charge in [0.1, 0.15) is 0 Å². The number of rotatable bonds is 3. The Bertz CT molecular complexity index is 292. The Morgan fingerprint density at radius 1 is 1.13 bits per heavy atom. The molecule has 0 bridgehead atoms. The van der Waals surface area contributed by atoms with E-state index in [0.717, 1.165) is 12.8 Å². The highest BCUT2D eigenvalue weighted by Gasteiger charge is 2.13. The van der Waals surface area contributed by atoms with Gasteiger partial charge >= 0.3 is 0 Å². The Morgan fingerprint density at radius 2 is 1.67 bits per heavy atom. The maximum Gasteiger partial charge on any atom is 0.0577 e. The normalized spacial score (nSPS) is 13.9. The van der Waals surface area contributed by atoms with E-state index in [4.69, 9.17) is 0 Å². The minimum atomic E-state index is -0.203. The molecule has 0 saturated carbocycles. The summed E-state index contributed by atoms with van der Waals surface area (Å²) in [6.07, 6.45) is 1.38. The zero-order valence-corrected chi connectivity index (χ0v) is 10.2. The van der Waals surface area contributed by atoms with E-state index in [1.54, 1.807) is 0 Å². The molecule has 1 aromatic rings. The van der Waals surface area contributed by atoms with Crippen molar-refractivity contribution in [3.63, 3.8) is 0 Å². The molecule has 0 fully saturated rings. The maximum absolute atomic E-state index is 9.54. The highest BCUT2D eigenvalue weighted by atomic mass is 16.3. The van der Waals surface area contributed by atoms with Gasteiger partial charge in [-0.2, -0.15) is 0 Å². The first kappa shape index (κ1) is 12.3. The minimum Gasteiger partial charge on any atom is -0.393 e. The minimum absolute atomic E-state index is 0.203. The smallest absolute Gasteiger partial charge is 0.0577 e. The largest absolute Gasteiger partial charge is 0.393 e. The van der Waals surface area contributed by atoms with Crippen molar-refractivity contribution in [1.82, 2.24) is 0 Å². The fourth-order valence-electron chi connectivity index (χ4n) is 1.56. The van der Waals surface area contributed by atoms with Crippen molar-refractivity contribution in [2.75, 3.05) is 0 Å². The molecular weight excluding hydrogens is 184 g/mol. The predicted octanol–water partition coefficient (Wildman–Crippen LogP) is 3.30. The molecule has 84 valence electrons. The van der Waals surface area contributed by atoms with E-state index in [1.165, 1.54) is 11.1 Å². The fourth-order valence-corrected chi connectivity index (χ4v) is 1.56. The molecule has 0 aromatic heterocycles. The van der Waals surface area contributed by atoms with Gasteiger partial charge in [0.25, 0.3) is 0 Å². The third-order valence-electron chi connectivity index (χ3n) is 2.76. The lowest BCUT2D eigenvalue weighted by Crippen LogP contribution is -2.12. The van der Waals surface area contributed by atoms with Crippen LogP contribution in [-0.4, -0.2) is 11.2 Å². The van der Waals surface area contributed by atoms with Crippen molar-refractivity contribution in [3.05, 3.63) is 35.4 Å². The third kappa shape index (κ3) is 3.67. The van der Waals surface area contributed by atoms with E-state index in [9.17, 15) is 5.11 Å². The van der Waals surface area contributed by atoms with E-state index in [0.29, 0.717) is 0 Å². The molecule has 15 heavy (non-hydrogen) atoms. The summed E-state index contributed by atoms with van der Waals surface area (Å²) in [6.45, 7) is 8.64. The summed E-state index contributed by atoms with van der Waals surface area (Å²) in [6, 6.07) is 8.58. The van der Waals surface area contributed by atoms with Crippen LogP contribution in [0.1, 0.15) is 45.2 Å². The van der Waals surface area contributed by atoms with Gasteiger partial charge < -0.3 is 5.11 Å². The average Bonchev–Trinajstić information content (AvgIpc) is 2.17. The predicted molar refractivity (Wildman–Crippen MR) is 65.1 cm³/mol. The first-order chi connectivity index (χ1) is 6.93. The second kappa shape index (κ2) is 4.80. The summed E-state index contributed by atoms with van der Waals surface area (Å²) in [5, 5.41) is 9.54. The van der Waals surface area contributed by atoms with Crippen LogP contribution in [0.5, 0.6) is 0 Å². The summed E-state index contributed by atoms with van der Waals surface area (Å²) in [7, 11) is 0. The van der Waals surface area contributed by atoms with Crippen LogP contribution in [0, 0.1) is 0 Å². The van der Waals surface area contributed by atoms with Crippen LogP contribution < -0.4 is 0 Å². The van der Waals surface area contributed by atoms with Crippen molar-refractivity contribution >= 4 is 0 Å². The number of benzene rings is 1. The Balaban J connectivity index is 2.73. The zero-order valence-electron chi connectivity index (χ0n) is 10.2. The van der Waals surface area contributed by atoms with Crippen molar-refractivity contribution in [2.24, 2.45) is 0 Å². The molecule has 1 atom stereocenters. The average molecular weight is 206 g/mol. The molecule has 1 heteroatoms. The van der Waals surface area contributed by atoms with Crippen molar-refractivity contribution in [3.8, 4) is 0 Å². The van der Waals surface area contributed by atoms with E-state index in [2.05, 4.69) is 45.0 Å². The van der Waals surface area contributed by atoms with E-state index >= 15 is 0 Å². The summed E-state index contributed by atoms with van der Waals surface area (Å²) < 4.78 is 0. The highest BCUT2D eigenvalue weighted by Crippen LogP contribution is 2.22. The summed E-state index contributed by atoms with van der Waals surface area (Å²) in [5.41, 5.74) is 2.77. The first-order valence-electron chi connectivity index (χ1n) is 5.71. The fraction of sp³-hybridized carbons (Fsp3) is 0.571. The van der Waals surface area contributed by atoms with Gasteiger partial charge in [-0.05, 0) is 29.4 Å². The molecule has 0 spiro atoms. The van der Waals surface area contributed by atoms with Crippen LogP contribution in [0.2, 0.25) is 0 Å². The van der Waals surface area contributed by atoms with E-state index in [1.807, 2.05) is 6.92 Å². The molecule has 0 radical (unpaired) electrons. The highest BCUT2D eigenvalue weighted by molar-refractivity contribution is 5.27. The lowest BCUT2D eigenvalue weighted by molar-refractivity contribution is 0.171. The molecular formula is C14H22O. The molecule has 0 aliphatic heterocycles. The second-order valence-electron chi connectivity index (χ2n) is 5.21. The molecule has 0 aliphatic rings. The molecule has 0 amide bonds. The Morgan fingerprint density at radius 3 is 2.07 bits per heavy atom. The molecule has 1 aromatic carbocycles. The second-order valence-corrected chi connectivity index (χ2v) is 5.21. The van der Waals surface area contributed by atoms with Gasteiger partial charge in [0.15, 0.2) is 0 Å².